The minimum atomic E-state index is -4.61. The molecule has 300 valence electrons. The summed E-state index contributed by atoms with van der Waals surface area (Å²) < 4.78 is 62.2. The molecule has 2 aromatic carbocycles. The van der Waals surface area contributed by atoms with Crippen LogP contribution in [0.3, 0.4) is 0 Å². The van der Waals surface area contributed by atoms with Gasteiger partial charge in [-0.1, -0.05) is 83.1 Å². The molecule has 3 amide bonds. The lowest BCUT2D eigenvalue weighted by Gasteiger charge is -2.40. The molecular formula is C41H53F4N5O4S. The Bertz CT molecular complexity index is 1840. The quantitative estimate of drug-likeness (QED) is 0.0863. The molecule has 0 saturated carbocycles. The number of aromatic nitrogens is 1. The van der Waals surface area contributed by atoms with E-state index in [4.69, 9.17) is 17.0 Å². The first-order chi connectivity index (χ1) is 26.2. The number of rotatable bonds is 15. The average molecular weight is 788 g/mol. The van der Waals surface area contributed by atoms with Crippen LogP contribution in [-0.4, -0.2) is 65.1 Å². The van der Waals surface area contributed by atoms with E-state index in [1.807, 2.05) is 20.8 Å². The van der Waals surface area contributed by atoms with Gasteiger partial charge >= 0.3 is 6.18 Å². The van der Waals surface area contributed by atoms with Crippen molar-refractivity contribution in [3.63, 3.8) is 0 Å². The number of alkyl halides is 3. The molecule has 0 radical (unpaired) electrons. The fourth-order valence-electron chi connectivity index (χ4n) is 7.65. The molecule has 14 heteroatoms. The van der Waals surface area contributed by atoms with Crippen molar-refractivity contribution in [3.05, 3.63) is 70.7 Å². The molecule has 1 fully saturated rings. The highest BCUT2D eigenvalue weighted by Crippen LogP contribution is 2.40. The van der Waals surface area contributed by atoms with Crippen molar-refractivity contribution in [2.75, 3.05) is 19.8 Å². The maximum absolute atomic E-state index is 14.8. The third-order valence-electron chi connectivity index (χ3n) is 11.5. The third kappa shape index (κ3) is 10.0. The zero-order valence-corrected chi connectivity index (χ0v) is 32.8. The maximum Gasteiger partial charge on any atom is 0.418 e. The predicted octanol–water partition coefficient (Wildman–Crippen LogP) is 6.71. The van der Waals surface area contributed by atoms with Gasteiger partial charge < -0.3 is 31.0 Å². The number of hydrogen-bond acceptors (Lipinski definition) is 5. The van der Waals surface area contributed by atoms with Crippen LogP contribution in [0.4, 0.5) is 17.6 Å². The van der Waals surface area contributed by atoms with Crippen molar-refractivity contribution >= 4 is 45.8 Å². The number of carbonyl (C=O) groups excluding carboxylic acids is 3. The van der Waals surface area contributed by atoms with Gasteiger partial charge in [0.1, 0.15) is 17.4 Å². The van der Waals surface area contributed by atoms with E-state index in [2.05, 4.69) is 26.3 Å². The summed E-state index contributed by atoms with van der Waals surface area (Å²) in [5.41, 5.74) is -1.27. The Balaban J connectivity index is 1.45. The van der Waals surface area contributed by atoms with Crippen molar-refractivity contribution in [2.45, 2.75) is 109 Å². The van der Waals surface area contributed by atoms with Crippen molar-refractivity contribution in [1.82, 2.24) is 26.3 Å². The number of fused-ring (bicyclic) bond motifs is 3. The van der Waals surface area contributed by atoms with Crippen LogP contribution in [0.5, 0.6) is 0 Å². The van der Waals surface area contributed by atoms with Gasteiger partial charge in [0.25, 0.3) is 0 Å². The van der Waals surface area contributed by atoms with Crippen LogP contribution in [0.2, 0.25) is 0 Å². The Kier molecular flexibility index (Phi) is 14.0. The maximum atomic E-state index is 14.8. The minimum absolute atomic E-state index is 0.0688. The van der Waals surface area contributed by atoms with E-state index < -0.39 is 52.9 Å². The van der Waals surface area contributed by atoms with E-state index >= 15 is 0 Å². The molecule has 0 spiro atoms. The number of para-hydroxylation sites is 1. The van der Waals surface area contributed by atoms with E-state index in [1.165, 1.54) is 24.3 Å². The van der Waals surface area contributed by atoms with E-state index in [1.54, 1.807) is 19.1 Å². The molecule has 5 atom stereocenters. The highest BCUT2D eigenvalue weighted by atomic mass is 32.1. The summed E-state index contributed by atoms with van der Waals surface area (Å²) in [4.78, 5) is 45.9. The topological polar surface area (TPSA) is 124 Å². The number of aromatic amines is 1. The molecule has 0 bridgehead atoms. The predicted molar refractivity (Wildman–Crippen MR) is 208 cm³/mol. The van der Waals surface area contributed by atoms with Gasteiger partial charge in [-0.05, 0) is 73.1 Å². The van der Waals surface area contributed by atoms with Crippen LogP contribution in [-0.2, 0) is 44.6 Å². The van der Waals surface area contributed by atoms with Gasteiger partial charge in [0.15, 0.2) is 0 Å². The fourth-order valence-corrected chi connectivity index (χ4v) is 8.04. The van der Waals surface area contributed by atoms with Crippen LogP contribution < -0.4 is 21.3 Å². The number of benzene rings is 2. The lowest BCUT2D eigenvalue weighted by molar-refractivity contribution is -0.137. The van der Waals surface area contributed by atoms with Gasteiger partial charge in [0.05, 0.1) is 28.5 Å². The lowest BCUT2D eigenvalue weighted by atomic mass is 9.78. The van der Waals surface area contributed by atoms with Crippen LogP contribution in [0, 0.1) is 23.6 Å². The molecule has 2 aliphatic rings. The lowest BCUT2D eigenvalue weighted by Crippen LogP contribution is -2.67. The molecule has 1 aliphatic carbocycles. The number of nitrogens with one attached hydrogen (secondary N) is 5. The first kappa shape index (κ1) is 42.1. The summed E-state index contributed by atoms with van der Waals surface area (Å²) in [6.45, 7) is 9.71. The van der Waals surface area contributed by atoms with E-state index in [0.29, 0.717) is 46.9 Å². The second-order valence-corrected chi connectivity index (χ2v) is 15.7. The van der Waals surface area contributed by atoms with Gasteiger partial charge in [-0.25, -0.2) is 4.39 Å². The molecular weight excluding hydrogens is 735 g/mol. The molecule has 5 N–H and O–H groups in total. The Labute approximate surface area is 325 Å². The van der Waals surface area contributed by atoms with Crippen molar-refractivity contribution < 1.29 is 36.7 Å². The molecule has 9 nitrogen and oxygen atoms in total. The van der Waals surface area contributed by atoms with E-state index in [9.17, 15) is 31.9 Å². The number of hydrogen-bond donors (Lipinski definition) is 5. The molecule has 2 unspecified atom stereocenters. The number of carbonyl (C=O) groups is 3. The summed E-state index contributed by atoms with van der Waals surface area (Å²) in [7, 11) is 0. The molecule has 3 aromatic rings. The highest BCUT2D eigenvalue weighted by molar-refractivity contribution is 7.80. The normalized spacial score (nSPS) is 19.8. The number of aryl methyl sites for hydroxylation is 1. The fraction of sp³-hybridized carbons (Fsp3) is 0.561. The van der Waals surface area contributed by atoms with Gasteiger partial charge in [0, 0.05) is 37.3 Å². The van der Waals surface area contributed by atoms with Crippen LogP contribution >= 0.6 is 12.2 Å². The zero-order chi connectivity index (χ0) is 39.9. The summed E-state index contributed by atoms with van der Waals surface area (Å²) in [6.07, 6.45) is -0.748. The zero-order valence-electron chi connectivity index (χ0n) is 32.0. The van der Waals surface area contributed by atoms with Crippen LogP contribution in [0.15, 0.2) is 42.5 Å². The van der Waals surface area contributed by atoms with E-state index in [0.717, 1.165) is 38.5 Å². The summed E-state index contributed by atoms with van der Waals surface area (Å²) in [5, 5.41) is 12.6. The smallest absolute Gasteiger partial charge is 0.381 e. The van der Waals surface area contributed by atoms with Gasteiger partial charge in [0.2, 0.25) is 17.7 Å². The number of amides is 3. The van der Waals surface area contributed by atoms with Crippen molar-refractivity contribution in [2.24, 2.45) is 17.8 Å². The number of halogens is 4. The van der Waals surface area contributed by atoms with Crippen molar-refractivity contribution in [3.8, 4) is 0 Å². The summed E-state index contributed by atoms with van der Waals surface area (Å²) in [6, 6.07) is 8.13. The first-order valence-corrected chi connectivity index (χ1v) is 19.8. The third-order valence-corrected chi connectivity index (χ3v) is 11.9. The molecule has 2 heterocycles. The monoisotopic (exact) mass is 787 g/mol. The average Bonchev–Trinajstić information content (AvgIpc) is 3.53. The Morgan fingerprint density at radius 1 is 0.982 bits per heavy atom. The molecule has 5 rings (SSSR count). The van der Waals surface area contributed by atoms with Gasteiger partial charge in [-0.3, -0.25) is 14.4 Å². The summed E-state index contributed by atoms with van der Waals surface area (Å²) in [5.74, 6) is -2.22. The minimum Gasteiger partial charge on any atom is -0.381 e. The molecule has 1 aromatic heterocycles. The van der Waals surface area contributed by atoms with Gasteiger partial charge in [-0.15, -0.1) is 0 Å². The van der Waals surface area contributed by atoms with Crippen LogP contribution in [0.25, 0.3) is 10.9 Å². The second kappa shape index (κ2) is 18.3. The Morgan fingerprint density at radius 2 is 1.67 bits per heavy atom. The molecule has 55 heavy (non-hydrogen) atoms. The van der Waals surface area contributed by atoms with Gasteiger partial charge in [-0.2, -0.15) is 13.2 Å². The highest BCUT2D eigenvalue weighted by Gasteiger charge is 2.47. The van der Waals surface area contributed by atoms with Crippen LogP contribution in [0.1, 0.15) is 88.6 Å². The Morgan fingerprint density at radius 3 is 2.35 bits per heavy atom. The number of H-pyrrole nitrogens is 1. The second-order valence-electron chi connectivity index (χ2n) is 15.2. The Hall–Kier alpha value is -4.04. The first-order valence-electron chi connectivity index (χ1n) is 19.4. The molecule has 1 aliphatic heterocycles. The van der Waals surface area contributed by atoms with E-state index in [-0.39, 0.29) is 48.6 Å². The number of thiocarbonyl (C=S) groups is 1. The standard InChI is InChI=1S/C41H53F4N5O4S/c1-5-24(3)34(48-33(51)22-27-10-7-8-13-31(27)42)37(52)50-40(18-14-32-29(23-40)28-11-9-12-30(36(28)47-32)41(43,44)45)39(53)49-35(25(4)6-2)38(55)46-19-15-26-16-20-54-21-17-26/h7-13,24-26,34-35,47H,5-6,14-23H2,1-4H3,(H,46,55)(H,48,51)(H,49,53)(H,50,52)/t24?,25?,34-,35-,40+/m0/s1. The largest absolute Gasteiger partial charge is 0.418 e. The SMILES string of the molecule is CCC(C)[C@H](NC(=O)Cc1ccccc1F)C(=O)N[C@]1(C(=O)N[C@H](C(=S)NCCC2CCOCC2)C(C)CC)CCc2[nH]c3c(C(F)(F)F)cccc3c2C1. The number of ether oxygens (including phenoxy) is 1. The van der Waals surface area contributed by atoms with Crippen molar-refractivity contribution in [1.29, 1.82) is 0 Å². The molecule has 1 saturated heterocycles. The summed E-state index contributed by atoms with van der Waals surface area (Å²) >= 11 is 5.87.